The van der Waals surface area contributed by atoms with Crippen LogP contribution in [0.4, 0.5) is 5.82 Å². The second kappa shape index (κ2) is 4.08. The van der Waals surface area contributed by atoms with Crippen LogP contribution in [0.5, 0.6) is 0 Å². The summed E-state index contributed by atoms with van der Waals surface area (Å²) in [5, 5.41) is 7.88. The van der Waals surface area contributed by atoms with Crippen molar-refractivity contribution in [2.45, 2.75) is 38.8 Å². The molecule has 1 aliphatic heterocycles. The van der Waals surface area contributed by atoms with Crippen molar-refractivity contribution in [3.63, 3.8) is 0 Å². The molecule has 1 fully saturated rings. The Kier molecular flexibility index (Phi) is 2.77. The third-order valence-electron chi connectivity index (χ3n) is 3.12. The number of rotatable bonds is 2. The van der Waals surface area contributed by atoms with Gasteiger partial charge >= 0.3 is 0 Å². The van der Waals surface area contributed by atoms with Gasteiger partial charge < -0.3 is 10.6 Å². The third kappa shape index (κ3) is 1.85. The molecule has 0 spiro atoms. The third-order valence-corrected chi connectivity index (χ3v) is 3.12. The Balaban J connectivity index is 2.24. The molecular formula is C11H16N4O. The van der Waals surface area contributed by atoms with Crippen molar-refractivity contribution in [2.75, 3.05) is 4.90 Å². The average Bonchev–Trinajstić information content (AvgIpc) is 2.59. The van der Waals surface area contributed by atoms with E-state index in [4.69, 9.17) is 5.73 Å². The zero-order valence-corrected chi connectivity index (χ0v) is 9.55. The molecule has 0 unspecified atom stereocenters. The summed E-state index contributed by atoms with van der Waals surface area (Å²) >= 11 is 0. The van der Waals surface area contributed by atoms with Gasteiger partial charge in [-0.15, -0.1) is 10.2 Å². The van der Waals surface area contributed by atoms with Crippen LogP contribution in [0.25, 0.3) is 0 Å². The summed E-state index contributed by atoms with van der Waals surface area (Å²) in [5.74, 6) is 0.282. The van der Waals surface area contributed by atoms with Crippen LogP contribution in [-0.4, -0.2) is 28.2 Å². The van der Waals surface area contributed by atoms with Gasteiger partial charge in [-0.3, -0.25) is 4.79 Å². The Morgan fingerprint density at radius 1 is 1.31 bits per heavy atom. The maximum absolute atomic E-state index is 10.9. The zero-order chi connectivity index (χ0) is 11.7. The van der Waals surface area contributed by atoms with E-state index in [2.05, 4.69) is 28.9 Å². The molecular weight excluding hydrogens is 204 g/mol. The minimum Gasteiger partial charge on any atom is -0.364 e. The minimum atomic E-state index is -0.540. The van der Waals surface area contributed by atoms with E-state index < -0.39 is 5.91 Å². The summed E-state index contributed by atoms with van der Waals surface area (Å²) in [6.45, 7) is 4.35. The van der Waals surface area contributed by atoms with Crippen LogP contribution in [0, 0.1) is 0 Å². The summed E-state index contributed by atoms with van der Waals surface area (Å²) in [7, 11) is 0. The second-order valence-corrected chi connectivity index (χ2v) is 4.32. The summed E-state index contributed by atoms with van der Waals surface area (Å²) in [6.07, 6.45) is 2.33. The van der Waals surface area contributed by atoms with E-state index in [1.165, 1.54) is 12.8 Å². The molecule has 0 aromatic carbocycles. The first-order chi connectivity index (χ1) is 7.59. The lowest BCUT2D eigenvalue weighted by molar-refractivity contribution is 0.0994. The molecule has 1 saturated heterocycles. The minimum absolute atomic E-state index is 0.211. The summed E-state index contributed by atoms with van der Waals surface area (Å²) < 4.78 is 0. The number of hydrogen-bond acceptors (Lipinski definition) is 4. The van der Waals surface area contributed by atoms with Crippen molar-refractivity contribution in [1.29, 1.82) is 0 Å². The quantitative estimate of drug-likeness (QED) is 0.805. The van der Waals surface area contributed by atoms with Crippen molar-refractivity contribution in [1.82, 2.24) is 10.2 Å². The fraction of sp³-hybridized carbons (Fsp3) is 0.545. The number of anilines is 1. The van der Waals surface area contributed by atoms with Crippen LogP contribution in [0.15, 0.2) is 12.1 Å². The standard InChI is InChI=1S/C11H16N4O/c1-7-3-4-8(2)15(7)10-6-5-9(11(12)16)13-14-10/h5-8H,3-4H2,1-2H3,(H2,12,16)/t7-,8+. The Labute approximate surface area is 94.6 Å². The van der Waals surface area contributed by atoms with E-state index in [0.717, 1.165) is 5.82 Å². The average molecular weight is 220 g/mol. The maximum atomic E-state index is 10.9. The Bertz CT molecular complexity index is 379. The summed E-state index contributed by atoms with van der Waals surface area (Å²) in [4.78, 5) is 13.1. The smallest absolute Gasteiger partial charge is 0.269 e. The number of hydrogen-bond donors (Lipinski definition) is 1. The number of carbonyl (C=O) groups excluding carboxylic acids is 1. The van der Waals surface area contributed by atoms with Gasteiger partial charge in [-0.2, -0.15) is 0 Å². The van der Waals surface area contributed by atoms with Gasteiger partial charge in [-0.25, -0.2) is 0 Å². The molecule has 1 amide bonds. The molecule has 5 heteroatoms. The Morgan fingerprint density at radius 3 is 2.38 bits per heavy atom. The van der Waals surface area contributed by atoms with Crippen molar-refractivity contribution in [3.05, 3.63) is 17.8 Å². The fourth-order valence-electron chi connectivity index (χ4n) is 2.24. The molecule has 86 valence electrons. The van der Waals surface area contributed by atoms with E-state index in [9.17, 15) is 4.79 Å². The number of nitrogens with two attached hydrogens (primary N) is 1. The van der Waals surface area contributed by atoms with Gasteiger partial charge in [0.2, 0.25) is 0 Å². The van der Waals surface area contributed by atoms with Crippen LogP contribution in [0.2, 0.25) is 0 Å². The first-order valence-corrected chi connectivity index (χ1v) is 5.51. The van der Waals surface area contributed by atoms with E-state index in [1.807, 2.05) is 6.07 Å². The summed E-state index contributed by atoms with van der Waals surface area (Å²) in [5.41, 5.74) is 5.33. The largest absolute Gasteiger partial charge is 0.364 e. The highest BCUT2D eigenvalue weighted by Crippen LogP contribution is 2.28. The number of amides is 1. The molecule has 2 rings (SSSR count). The molecule has 5 nitrogen and oxygen atoms in total. The number of aromatic nitrogens is 2. The molecule has 2 atom stereocenters. The van der Waals surface area contributed by atoms with Gasteiger partial charge in [0.05, 0.1) is 0 Å². The highest BCUT2D eigenvalue weighted by Gasteiger charge is 2.28. The van der Waals surface area contributed by atoms with Gasteiger partial charge in [0.15, 0.2) is 11.5 Å². The first-order valence-electron chi connectivity index (χ1n) is 5.51. The fourth-order valence-corrected chi connectivity index (χ4v) is 2.24. The number of nitrogens with zero attached hydrogens (tertiary/aromatic N) is 3. The normalized spacial score (nSPS) is 24.8. The van der Waals surface area contributed by atoms with Gasteiger partial charge in [0, 0.05) is 12.1 Å². The SMILES string of the molecule is C[C@@H]1CC[C@H](C)N1c1ccc(C(N)=O)nn1. The topological polar surface area (TPSA) is 72.1 Å². The highest BCUT2D eigenvalue weighted by atomic mass is 16.1. The monoisotopic (exact) mass is 220 g/mol. The molecule has 0 saturated carbocycles. The van der Waals surface area contributed by atoms with Crippen LogP contribution in [-0.2, 0) is 0 Å². The van der Waals surface area contributed by atoms with Gasteiger partial charge in [-0.05, 0) is 38.8 Å². The lowest BCUT2D eigenvalue weighted by Gasteiger charge is -2.26. The van der Waals surface area contributed by atoms with E-state index in [-0.39, 0.29) is 5.69 Å². The van der Waals surface area contributed by atoms with E-state index in [0.29, 0.717) is 12.1 Å². The van der Waals surface area contributed by atoms with Crippen molar-refractivity contribution < 1.29 is 4.79 Å². The summed E-state index contributed by atoms with van der Waals surface area (Å²) in [6, 6.07) is 4.39. The number of primary amides is 1. The lowest BCUT2D eigenvalue weighted by Crippen LogP contribution is -2.33. The maximum Gasteiger partial charge on any atom is 0.269 e. The molecule has 1 aromatic rings. The molecule has 0 bridgehead atoms. The number of carbonyl (C=O) groups is 1. The first kappa shape index (κ1) is 10.9. The zero-order valence-electron chi connectivity index (χ0n) is 9.55. The van der Waals surface area contributed by atoms with Crippen molar-refractivity contribution in [3.8, 4) is 0 Å². The lowest BCUT2D eigenvalue weighted by atomic mass is 10.2. The predicted molar refractivity (Wildman–Crippen MR) is 61.2 cm³/mol. The van der Waals surface area contributed by atoms with E-state index >= 15 is 0 Å². The molecule has 2 heterocycles. The molecule has 0 aliphatic carbocycles. The Morgan fingerprint density at radius 2 is 1.94 bits per heavy atom. The molecule has 2 N–H and O–H groups in total. The predicted octanol–water partition coefficient (Wildman–Crippen LogP) is 0.953. The van der Waals surface area contributed by atoms with Gasteiger partial charge in [0.25, 0.3) is 5.91 Å². The van der Waals surface area contributed by atoms with Crippen molar-refractivity contribution >= 4 is 11.7 Å². The van der Waals surface area contributed by atoms with Crippen molar-refractivity contribution in [2.24, 2.45) is 5.73 Å². The Hall–Kier alpha value is -1.65. The van der Waals surface area contributed by atoms with Crippen LogP contribution >= 0.6 is 0 Å². The van der Waals surface area contributed by atoms with Crippen LogP contribution < -0.4 is 10.6 Å². The highest BCUT2D eigenvalue weighted by molar-refractivity contribution is 5.90. The molecule has 1 aliphatic rings. The van der Waals surface area contributed by atoms with Crippen LogP contribution in [0.1, 0.15) is 37.2 Å². The second-order valence-electron chi connectivity index (χ2n) is 4.32. The molecule has 16 heavy (non-hydrogen) atoms. The van der Waals surface area contributed by atoms with Gasteiger partial charge in [0.1, 0.15) is 0 Å². The van der Waals surface area contributed by atoms with Gasteiger partial charge in [-0.1, -0.05) is 0 Å². The molecule has 1 aromatic heterocycles. The molecule has 0 radical (unpaired) electrons. The van der Waals surface area contributed by atoms with Crippen LogP contribution in [0.3, 0.4) is 0 Å². The van der Waals surface area contributed by atoms with E-state index in [1.54, 1.807) is 6.07 Å².